The van der Waals surface area contributed by atoms with E-state index in [1.54, 1.807) is 38.1 Å². The van der Waals surface area contributed by atoms with Crippen LogP contribution in [-0.4, -0.2) is 26.7 Å². The molecule has 0 saturated heterocycles. The van der Waals surface area contributed by atoms with E-state index in [2.05, 4.69) is 10.0 Å². The Bertz CT molecular complexity index is 1130. The van der Waals surface area contributed by atoms with E-state index in [1.165, 1.54) is 0 Å². The Morgan fingerprint density at radius 2 is 1.42 bits per heavy atom. The van der Waals surface area contributed by atoms with E-state index in [0.717, 1.165) is 17.4 Å². The Kier molecular flexibility index (Phi) is 6.97. The van der Waals surface area contributed by atoms with Crippen molar-refractivity contribution in [2.45, 2.75) is 26.0 Å². The molecule has 2 N–H and O–H groups in total. The molecule has 2 unspecified atom stereocenters. The van der Waals surface area contributed by atoms with Crippen LogP contribution in [0.15, 0.2) is 78.9 Å². The zero-order chi connectivity index (χ0) is 22.4. The standard InChI is InChI=1S/C24H26N2O4S/c1-17(22-11-7-8-12-23(22)26-31(3,28)29)25-24(27)18(2)30-21-15-13-20(14-16-21)19-9-5-4-6-10-19/h4-18,26H,1-3H3,(H,25,27). The summed E-state index contributed by atoms with van der Waals surface area (Å²) in [6.07, 6.45) is 0.367. The molecule has 0 aromatic heterocycles. The van der Waals surface area contributed by atoms with E-state index in [4.69, 9.17) is 4.74 Å². The van der Waals surface area contributed by atoms with Crippen LogP contribution in [0, 0.1) is 0 Å². The quantitative estimate of drug-likeness (QED) is 0.547. The predicted octanol–water partition coefficient (Wildman–Crippen LogP) is 4.37. The molecule has 0 heterocycles. The highest BCUT2D eigenvalue weighted by Gasteiger charge is 2.20. The summed E-state index contributed by atoms with van der Waals surface area (Å²) >= 11 is 0. The van der Waals surface area contributed by atoms with Crippen molar-refractivity contribution in [3.8, 4) is 16.9 Å². The van der Waals surface area contributed by atoms with Crippen molar-refractivity contribution >= 4 is 21.6 Å². The summed E-state index contributed by atoms with van der Waals surface area (Å²) in [4.78, 5) is 12.6. The molecule has 0 aliphatic carbocycles. The number of hydrogen-bond acceptors (Lipinski definition) is 4. The van der Waals surface area contributed by atoms with Crippen LogP contribution in [0.1, 0.15) is 25.5 Å². The summed E-state index contributed by atoms with van der Waals surface area (Å²) in [5, 5.41) is 2.88. The molecule has 0 fully saturated rings. The van der Waals surface area contributed by atoms with Gasteiger partial charge in [-0.25, -0.2) is 8.42 Å². The summed E-state index contributed by atoms with van der Waals surface area (Å²) in [6, 6.07) is 24.1. The zero-order valence-electron chi connectivity index (χ0n) is 17.7. The summed E-state index contributed by atoms with van der Waals surface area (Å²) < 4.78 is 31.5. The number of hydrogen-bond donors (Lipinski definition) is 2. The van der Waals surface area contributed by atoms with Gasteiger partial charge in [-0.1, -0.05) is 60.7 Å². The van der Waals surface area contributed by atoms with Crippen LogP contribution < -0.4 is 14.8 Å². The Hall–Kier alpha value is -3.32. The fourth-order valence-corrected chi connectivity index (χ4v) is 3.78. The van der Waals surface area contributed by atoms with Gasteiger partial charge in [-0.3, -0.25) is 9.52 Å². The van der Waals surface area contributed by atoms with Crippen molar-refractivity contribution in [2.24, 2.45) is 0 Å². The third-order valence-electron chi connectivity index (χ3n) is 4.72. The van der Waals surface area contributed by atoms with Crippen molar-refractivity contribution in [1.29, 1.82) is 0 Å². The smallest absolute Gasteiger partial charge is 0.261 e. The van der Waals surface area contributed by atoms with Crippen LogP contribution in [-0.2, 0) is 14.8 Å². The number of benzene rings is 3. The van der Waals surface area contributed by atoms with Gasteiger partial charge in [0.25, 0.3) is 5.91 Å². The Morgan fingerprint density at radius 3 is 2.06 bits per heavy atom. The topological polar surface area (TPSA) is 84.5 Å². The Balaban J connectivity index is 1.63. The summed E-state index contributed by atoms with van der Waals surface area (Å²) in [5.74, 6) is 0.294. The van der Waals surface area contributed by atoms with E-state index >= 15 is 0 Å². The first-order valence-corrected chi connectivity index (χ1v) is 11.8. The number of carbonyl (C=O) groups is 1. The molecule has 3 aromatic rings. The van der Waals surface area contributed by atoms with Gasteiger partial charge in [0.05, 0.1) is 18.0 Å². The van der Waals surface area contributed by atoms with E-state index < -0.39 is 22.2 Å². The molecule has 0 bridgehead atoms. The maximum absolute atomic E-state index is 12.6. The minimum Gasteiger partial charge on any atom is -0.481 e. The summed E-state index contributed by atoms with van der Waals surface area (Å²) in [6.45, 7) is 3.47. The third kappa shape index (κ3) is 6.33. The molecule has 0 radical (unpaired) electrons. The van der Waals surface area contributed by atoms with E-state index in [9.17, 15) is 13.2 Å². The van der Waals surface area contributed by atoms with Gasteiger partial charge < -0.3 is 10.1 Å². The Morgan fingerprint density at radius 1 is 0.839 bits per heavy atom. The van der Waals surface area contributed by atoms with Gasteiger partial charge in [-0.2, -0.15) is 0 Å². The lowest BCUT2D eigenvalue weighted by Crippen LogP contribution is -2.38. The van der Waals surface area contributed by atoms with Crippen LogP contribution in [0.5, 0.6) is 5.75 Å². The van der Waals surface area contributed by atoms with Crippen molar-refractivity contribution in [1.82, 2.24) is 5.32 Å². The largest absolute Gasteiger partial charge is 0.481 e. The highest BCUT2D eigenvalue weighted by molar-refractivity contribution is 7.92. The van der Waals surface area contributed by atoms with Crippen LogP contribution in [0.2, 0.25) is 0 Å². The molecule has 0 spiro atoms. The monoisotopic (exact) mass is 438 g/mol. The van der Waals surface area contributed by atoms with Crippen molar-refractivity contribution < 1.29 is 17.9 Å². The first kappa shape index (κ1) is 22.4. The molecule has 3 rings (SSSR count). The number of ether oxygens (including phenoxy) is 1. The number of sulfonamides is 1. The predicted molar refractivity (Wildman–Crippen MR) is 123 cm³/mol. The summed E-state index contributed by atoms with van der Waals surface area (Å²) in [5.41, 5.74) is 3.27. The van der Waals surface area contributed by atoms with E-state index in [-0.39, 0.29) is 5.91 Å². The maximum atomic E-state index is 12.6. The van der Waals surface area contributed by atoms with Crippen molar-refractivity contribution in [2.75, 3.05) is 11.0 Å². The van der Waals surface area contributed by atoms with Gasteiger partial charge in [0.1, 0.15) is 5.75 Å². The molecule has 0 saturated carbocycles. The number of para-hydroxylation sites is 1. The van der Waals surface area contributed by atoms with Crippen LogP contribution in [0.4, 0.5) is 5.69 Å². The van der Waals surface area contributed by atoms with Gasteiger partial charge in [-0.15, -0.1) is 0 Å². The number of rotatable bonds is 8. The zero-order valence-corrected chi connectivity index (χ0v) is 18.5. The molecule has 162 valence electrons. The fraction of sp³-hybridized carbons (Fsp3) is 0.208. The number of carbonyl (C=O) groups excluding carboxylic acids is 1. The van der Waals surface area contributed by atoms with Crippen molar-refractivity contribution in [3.05, 3.63) is 84.4 Å². The lowest BCUT2D eigenvalue weighted by Gasteiger charge is -2.21. The second-order valence-electron chi connectivity index (χ2n) is 7.34. The lowest BCUT2D eigenvalue weighted by atomic mass is 10.1. The normalized spacial score (nSPS) is 13.1. The molecule has 0 aliphatic rings. The van der Waals surface area contributed by atoms with Gasteiger partial charge >= 0.3 is 0 Å². The SMILES string of the molecule is CC(Oc1ccc(-c2ccccc2)cc1)C(=O)NC(C)c1ccccc1NS(C)(=O)=O. The van der Waals surface area contributed by atoms with Gasteiger partial charge in [0.2, 0.25) is 10.0 Å². The van der Waals surface area contributed by atoms with E-state index in [1.807, 2.05) is 54.6 Å². The molecule has 3 aromatic carbocycles. The van der Waals surface area contributed by atoms with Crippen molar-refractivity contribution in [3.63, 3.8) is 0 Å². The molecular formula is C24H26N2O4S. The molecule has 0 aliphatic heterocycles. The van der Waals surface area contributed by atoms with Crippen LogP contribution >= 0.6 is 0 Å². The average Bonchev–Trinajstić information content (AvgIpc) is 2.74. The molecule has 7 heteroatoms. The number of nitrogens with one attached hydrogen (secondary N) is 2. The maximum Gasteiger partial charge on any atom is 0.261 e. The fourth-order valence-electron chi connectivity index (χ4n) is 3.19. The molecule has 1 amide bonds. The second kappa shape index (κ2) is 9.66. The van der Waals surface area contributed by atoms with E-state index in [0.29, 0.717) is 17.0 Å². The highest BCUT2D eigenvalue weighted by Crippen LogP contribution is 2.25. The molecule has 2 atom stereocenters. The van der Waals surface area contributed by atoms with Gasteiger partial charge in [0, 0.05) is 0 Å². The van der Waals surface area contributed by atoms with Crippen LogP contribution in [0.25, 0.3) is 11.1 Å². The van der Waals surface area contributed by atoms with Crippen LogP contribution in [0.3, 0.4) is 0 Å². The molecule has 31 heavy (non-hydrogen) atoms. The average molecular weight is 439 g/mol. The number of anilines is 1. The van der Waals surface area contributed by atoms with Gasteiger partial charge in [-0.05, 0) is 48.7 Å². The number of amides is 1. The first-order chi connectivity index (χ1) is 14.7. The minimum atomic E-state index is -3.43. The highest BCUT2D eigenvalue weighted by atomic mass is 32.2. The molecule has 6 nitrogen and oxygen atoms in total. The third-order valence-corrected chi connectivity index (χ3v) is 5.32. The minimum absolute atomic E-state index is 0.297. The lowest BCUT2D eigenvalue weighted by molar-refractivity contribution is -0.127. The first-order valence-electron chi connectivity index (χ1n) is 9.92. The molecular weight excluding hydrogens is 412 g/mol. The summed E-state index contributed by atoms with van der Waals surface area (Å²) in [7, 11) is -3.43. The van der Waals surface area contributed by atoms with Gasteiger partial charge in [0.15, 0.2) is 6.10 Å². The second-order valence-corrected chi connectivity index (χ2v) is 9.09. The Labute approximate surface area is 183 Å².